The number of carbonyl (C=O) groups excluding carboxylic acids is 1. The number of nitrogens with one attached hydrogen (secondary N) is 1. The van der Waals surface area contributed by atoms with Gasteiger partial charge in [-0.2, -0.15) is 0 Å². The number of aryl methyl sites for hydroxylation is 3. The van der Waals surface area contributed by atoms with Crippen LogP contribution in [0.15, 0.2) is 36.4 Å². The molecule has 1 saturated heterocycles. The summed E-state index contributed by atoms with van der Waals surface area (Å²) >= 11 is 6.04. The van der Waals surface area contributed by atoms with Gasteiger partial charge in [-0.3, -0.25) is 0 Å². The van der Waals surface area contributed by atoms with Gasteiger partial charge in [-0.05, 0) is 67.8 Å². The number of hydrogen-bond acceptors (Lipinski definition) is 2. The Morgan fingerprint density at radius 3 is 2.28 bits per heavy atom. The molecule has 4 nitrogen and oxygen atoms in total. The fourth-order valence-corrected chi connectivity index (χ4v) is 3.37. The third-order valence-electron chi connectivity index (χ3n) is 4.82. The van der Waals surface area contributed by atoms with Gasteiger partial charge >= 0.3 is 6.03 Å². The number of nitrogens with zero attached hydrogens (tertiary/aromatic N) is 2. The summed E-state index contributed by atoms with van der Waals surface area (Å²) in [6.07, 6.45) is 0. The summed E-state index contributed by atoms with van der Waals surface area (Å²) in [6.45, 7) is 9.25. The molecule has 25 heavy (non-hydrogen) atoms. The molecule has 0 radical (unpaired) electrons. The lowest BCUT2D eigenvalue weighted by molar-refractivity contribution is 0.208. The first-order chi connectivity index (χ1) is 11.9. The lowest BCUT2D eigenvalue weighted by Crippen LogP contribution is -2.50. The molecule has 0 aliphatic carbocycles. The van der Waals surface area contributed by atoms with Gasteiger partial charge in [0.15, 0.2) is 0 Å². The van der Waals surface area contributed by atoms with Crippen molar-refractivity contribution in [2.24, 2.45) is 0 Å². The van der Waals surface area contributed by atoms with Crippen LogP contribution in [-0.4, -0.2) is 37.1 Å². The topological polar surface area (TPSA) is 35.6 Å². The van der Waals surface area contributed by atoms with Gasteiger partial charge in [0, 0.05) is 42.6 Å². The van der Waals surface area contributed by atoms with Crippen LogP contribution in [0.5, 0.6) is 0 Å². The molecule has 5 heteroatoms. The highest BCUT2D eigenvalue weighted by Crippen LogP contribution is 2.25. The van der Waals surface area contributed by atoms with Crippen molar-refractivity contribution in [2.45, 2.75) is 20.8 Å². The Morgan fingerprint density at radius 1 is 0.920 bits per heavy atom. The van der Waals surface area contributed by atoms with Gasteiger partial charge in [-0.25, -0.2) is 4.79 Å². The van der Waals surface area contributed by atoms with E-state index in [2.05, 4.69) is 37.1 Å². The number of carbonyl (C=O) groups is 1. The van der Waals surface area contributed by atoms with Crippen LogP contribution in [0.2, 0.25) is 5.02 Å². The number of urea groups is 1. The van der Waals surface area contributed by atoms with Gasteiger partial charge < -0.3 is 15.1 Å². The number of anilines is 2. The normalized spacial score (nSPS) is 14.6. The number of hydrogen-bond donors (Lipinski definition) is 1. The summed E-state index contributed by atoms with van der Waals surface area (Å²) in [4.78, 5) is 16.7. The third kappa shape index (κ3) is 4.07. The molecule has 0 bridgehead atoms. The van der Waals surface area contributed by atoms with Crippen molar-refractivity contribution in [3.05, 3.63) is 58.1 Å². The summed E-state index contributed by atoms with van der Waals surface area (Å²) in [5, 5.41) is 3.76. The predicted molar refractivity (Wildman–Crippen MR) is 105 cm³/mol. The molecule has 0 spiro atoms. The molecule has 0 saturated carbocycles. The molecule has 132 valence electrons. The minimum atomic E-state index is -0.0317. The zero-order chi connectivity index (χ0) is 18.0. The molecule has 1 N–H and O–H groups in total. The molecule has 2 aromatic rings. The lowest BCUT2D eigenvalue weighted by Gasteiger charge is -2.36. The lowest BCUT2D eigenvalue weighted by atomic mass is 10.1. The minimum absolute atomic E-state index is 0.0317. The summed E-state index contributed by atoms with van der Waals surface area (Å²) in [5.74, 6) is 0. The Balaban J connectivity index is 1.59. The molecule has 0 aromatic heterocycles. The van der Waals surface area contributed by atoms with E-state index >= 15 is 0 Å². The van der Waals surface area contributed by atoms with Gasteiger partial charge in [-0.1, -0.05) is 17.7 Å². The number of piperazine rings is 1. The molecule has 1 heterocycles. The molecular formula is C20H24ClN3O. The fourth-order valence-electron chi connectivity index (χ4n) is 3.15. The second-order valence-corrected chi connectivity index (χ2v) is 7.07. The Bertz CT molecular complexity index is 783. The fraction of sp³-hybridized carbons (Fsp3) is 0.350. The molecule has 3 rings (SSSR count). The average molecular weight is 358 g/mol. The van der Waals surface area contributed by atoms with E-state index in [1.54, 1.807) is 0 Å². The standard InChI is InChI=1S/C20H24ClN3O/c1-14-4-6-18(13-15(14)2)22-20(25)24-10-8-23(9-11-24)19-7-5-17(21)12-16(19)3/h4-7,12-13H,8-11H2,1-3H3,(H,22,25). The van der Waals surface area contributed by atoms with Gasteiger partial charge in [0.1, 0.15) is 0 Å². The maximum atomic E-state index is 12.5. The molecule has 2 amide bonds. The van der Waals surface area contributed by atoms with Crippen molar-refractivity contribution in [3.63, 3.8) is 0 Å². The van der Waals surface area contributed by atoms with E-state index < -0.39 is 0 Å². The Hall–Kier alpha value is -2.20. The van der Waals surface area contributed by atoms with E-state index in [-0.39, 0.29) is 6.03 Å². The zero-order valence-corrected chi connectivity index (χ0v) is 15.7. The first-order valence-corrected chi connectivity index (χ1v) is 8.96. The van der Waals surface area contributed by atoms with Crippen LogP contribution in [0.1, 0.15) is 16.7 Å². The van der Waals surface area contributed by atoms with Gasteiger partial charge in [0.2, 0.25) is 0 Å². The number of amides is 2. The van der Waals surface area contributed by atoms with Gasteiger partial charge in [0.05, 0.1) is 0 Å². The van der Waals surface area contributed by atoms with Crippen LogP contribution in [-0.2, 0) is 0 Å². The summed E-state index contributed by atoms with van der Waals surface area (Å²) in [5.41, 5.74) is 5.62. The second kappa shape index (κ2) is 7.36. The van der Waals surface area contributed by atoms with Crippen LogP contribution in [0.4, 0.5) is 16.2 Å². The summed E-state index contributed by atoms with van der Waals surface area (Å²) in [6, 6.07) is 11.9. The molecule has 0 unspecified atom stereocenters. The smallest absolute Gasteiger partial charge is 0.321 e. The SMILES string of the molecule is Cc1ccc(NC(=O)N2CCN(c3ccc(Cl)cc3C)CC2)cc1C. The maximum absolute atomic E-state index is 12.5. The molecule has 1 aliphatic rings. The van der Waals surface area contributed by atoms with Crippen LogP contribution in [0.25, 0.3) is 0 Å². The highest BCUT2D eigenvalue weighted by molar-refractivity contribution is 6.30. The monoisotopic (exact) mass is 357 g/mol. The van der Waals surface area contributed by atoms with Crippen molar-refractivity contribution in [2.75, 3.05) is 36.4 Å². The highest BCUT2D eigenvalue weighted by atomic mass is 35.5. The first kappa shape index (κ1) is 17.6. The number of rotatable bonds is 2. The van der Waals surface area contributed by atoms with Crippen LogP contribution < -0.4 is 10.2 Å². The van der Waals surface area contributed by atoms with E-state index in [4.69, 9.17) is 11.6 Å². The zero-order valence-electron chi connectivity index (χ0n) is 15.0. The van der Waals surface area contributed by atoms with Crippen molar-refractivity contribution in [1.82, 2.24) is 4.90 Å². The van der Waals surface area contributed by atoms with Crippen LogP contribution in [0, 0.1) is 20.8 Å². The van der Waals surface area contributed by atoms with Crippen molar-refractivity contribution >= 4 is 29.0 Å². The Kier molecular flexibility index (Phi) is 5.19. The average Bonchev–Trinajstić information content (AvgIpc) is 2.58. The Labute approximate surface area is 154 Å². The molecule has 0 atom stereocenters. The largest absolute Gasteiger partial charge is 0.368 e. The van der Waals surface area contributed by atoms with E-state index in [0.29, 0.717) is 13.1 Å². The quantitative estimate of drug-likeness (QED) is 0.851. The predicted octanol–water partition coefficient (Wildman–Crippen LogP) is 4.62. The van der Waals surface area contributed by atoms with Crippen molar-refractivity contribution in [1.29, 1.82) is 0 Å². The second-order valence-electron chi connectivity index (χ2n) is 6.63. The van der Waals surface area contributed by atoms with E-state index in [1.165, 1.54) is 22.4 Å². The van der Waals surface area contributed by atoms with E-state index in [0.717, 1.165) is 23.8 Å². The van der Waals surface area contributed by atoms with E-state index in [9.17, 15) is 4.79 Å². The highest BCUT2D eigenvalue weighted by Gasteiger charge is 2.22. The number of halogens is 1. The number of benzene rings is 2. The molecule has 1 fully saturated rings. The maximum Gasteiger partial charge on any atom is 0.321 e. The third-order valence-corrected chi connectivity index (χ3v) is 5.06. The van der Waals surface area contributed by atoms with Crippen molar-refractivity contribution < 1.29 is 4.79 Å². The molecular weight excluding hydrogens is 334 g/mol. The first-order valence-electron chi connectivity index (χ1n) is 8.58. The Morgan fingerprint density at radius 2 is 1.64 bits per heavy atom. The molecule has 1 aliphatic heterocycles. The summed E-state index contributed by atoms with van der Waals surface area (Å²) < 4.78 is 0. The van der Waals surface area contributed by atoms with Crippen LogP contribution >= 0.6 is 11.6 Å². The minimum Gasteiger partial charge on any atom is -0.368 e. The van der Waals surface area contributed by atoms with Gasteiger partial charge in [0.25, 0.3) is 0 Å². The molecule has 2 aromatic carbocycles. The van der Waals surface area contributed by atoms with Gasteiger partial charge in [-0.15, -0.1) is 0 Å². The van der Waals surface area contributed by atoms with E-state index in [1.807, 2.05) is 35.2 Å². The summed E-state index contributed by atoms with van der Waals surface area (Å²) in [7, 11) is 0. The van der Waals surface area contributed by atoms with Crippen LogP contribution in [0.3, 0.4) is 0 Å². The van der Waals surface area contributed by atoms with Crippen molar-refractivity contribution in [3.8, 4) is 0 Å².